The maximum Gasteiger partial charge on any atom is 0.332 e. The van der Waals surface area contributed by atoms with Crippen molar-refractivity contribution in [3.05, 3.63) is 45.7 Å². The first kappa shape index (κ1) is 20.4. The summed E-state index contributed by atoms with van der Waals surface area (Å²) in [6.45, 7) is 2.90. The number of fused-ring (bicyclic) bond motifs is 2. The summed E-state index contributed by atoms with van der Waals surface area (Å²) in [5.74, 6) is 0. The minimum atomic E-state index is -3.95. The second-order valence-corrected chi connectivity index (χ2v) is 10.0. The smallest absolute Gasteiger partial charge is 0.332 e. The Balaban J connectivity index is 1.62. The number of urea groups is 1. The predicted molar refractivity (Wildman–Crippen MR) is 110 cm³/mol. The second-order valence-electron chi connectivity index (χ2n) is 8.33. The van der Waals surface area contributed by atoms with Gasteiger partial charge in [0.2, 0.25) is 5.09 Å². The number of aliphatic hydroxyl groups is 1. The van der Waals surface area contributed by atoms with E-state index in [1.54, 1.807) is 0 Å². The van der Waals surface area contributed by atoms with Crippen LogP contribution >= 0.6 is 0 Å². The van der Waals surface area contributed by atoms with Crippen molar-refractivity contribution in [2.24, 2.45) is 0 Å². The van der Waals surface area contributed by atoms with Crippen LogP contribution in [0.2, 0.25) is 0 Å². The van der Waals surface area contributed by atoms with E-state index in [0.717, 1.165) is 61.6 Å². The molecule has 1 aromatic carbocycles. The summed E-state index contributed by atoms with van der Waals surface area (Å²) < 4.78 is 28.5. The summed E-state index contributed by atoms with van der Waals surface area (Å²) in [6.07, 6.45) is 6.86. The third-order valence-corrected chi connectivity index (χ3v) is 7.03. The number of anilines is 1. The van der Waals surface area contributed by atoms with E-state index >= 15 is 0 Å². The number of nitrogens with zero attached hydrogens (tertiary/aromatic N) is 1. The molecule has 2 aromatic rings. The van der Waals surface area contributed by atoms with Gasteiger partial charge in [-0.05, 0) is 74.6 Å². The first-order valence-electron chi connectivity index (χ1n) is 9.90. The molecule has 0 spiro atoms. The fourth-order valence-corrected chi connectivity index (χ4v) is 5.42. The highest BCUT2D eigenvalue weighted by Gasteiger charge is 2.32. The van der Waals surface area contributed by atoms with Crippen molar-refractivity contribution in [2.75, 3.05) is 5.32 Å². The molecule has 0 saturated carbocycles. The summed E-state index contributed by atoms with van der Waals surface area (Å²) in [5, 5.41) is 22.0. The molecule has 1 heterocycles. The van der Waals surface area contributed by atoms with E-state index in [1.165, 1.54) is 25.0 Å². The molecular weight excluding hydrogens is 404 g/mol. The quantitative estimate of drug-likeness (QED) is 0.590. The lowest BCUT2D eigenvalue weighted by molar-refractivity contribution is 0.0777. The first-order valence-corrected chi connectivity index (χ1v) is 11.5. The summed E-state index contributed by atoms with van der Waals surface area (Å²) >= 11 is 0. The molecular formula is C21H24N4O4S. The van der Waals surface area contributed by atoms with Gasteiger partial charge in [0.15, 0.2) is 9.92 Å². The molecule has 1 aromatic heterocycles. The van der Waals surface area contributed by atoms with E-state index < -0.39 is 26.6 Å². The average molecular weight is 429 g/mol. The number of hydrogen-bond donors (Lipinski definition) is 4. The zero-order chi connectivity index (χ0) is 21.7. The monoisotopic (exact) mass is 428 g/mol. The molecule has 2 amide bonds. The summed E-state index contributed by atoms with van der Waals surface area (Å²) in [4.78, 5) is 12.7. The number of amides is 2. The van der Waals surface area contributed by atoms with E-state index in [4.69, 9.17) is 9.20 Å². The number of benzene rings is 1. The second kappa shape index (κ2) is 7.15. The number of hydrogen-bond acceptors (Lipinski definition) is 6. The van der Waals surface area contributed by atoms with Gasteiger partial charge in [-0.15, -0.1) is 0 Å². The number of carbonyl (C=O) groups excluding carboxylic acids is 1. The molecule has 2 aliphatic carbocycles. The van der Waals surface area contributed by atoms with Crippen LogP contribution in [0.15, 0.2) is 21.8 Å². The van der Waals surface area contributed by atoms with E-state index in [-0.39, 0.29) is 11.1 Å². The Morgan fingerprint density at radius 2 is 1.83 bits per heavy atom. The number of aryl methyl sites for hydroxylation is 2. The van der Waals surface area contributed by atoms with Crippen molar-refractivity contribution in [3.63, 3.8) is 0 Å². The Morgan fingerprint density at radius 3 is 2.37 bits per heavy atom. The molecule has 1 unspecified atom stereocenters. The first-order chi connectivity index (χ1) is 14.1. The zero-order valence-electron chi connectivity index (χ0n) is 16.9. The lowest BCUT2D eigenvalue weighted by Crippen LogP contribution is -2.34. The minimum absolute atomic E-state index is 0.112. The predicted octanol–water partition coefficient (Wildman–Crippen LogP) is 3.50. The van der Waals surface area contributed by atoms with Crippen LogP contribution in [0.4, 0.5) is 10.5 Å². The van der Waals surface area contributed by atoms with Crippen molar-refractivity contribution in [1.82, 2.24) is 4.72 Å². The highest BCUT2D eigenvalue weighted by atomic mass is 32.2. The van der Waals surface area contributed by atoms with Gasteiger partial charge < -0.3 is 14.8 Å². The van der Waals surface area contributed by atoms with Crippen LogP contribution in [-0.4, -0.2) is 15.3 Å². The summed E-state index contributed by atoms with van der Waals surface area (Å²) in [7, 11) is -3.95. The topological polar surface area (TPSA) is 139 Å². The lowest BCUT2D eigenvalue weighted by atomic mass is 9.98. The Kier molecular flexibility index (Phi) is 4.87. The number of nitrogens with one attached hydrogen (secondary N) is 3. The Labute approximate surface area is 175 Å². The average Bonchev–Trinajstić information content (AvgIpc) is 3.38. The molecule has 8 nitrogen and oxygen atoms in total. The normalized spacial score (nSPS) is 17.0. The lowest BCUT2D eigenvalue weighted by Gasteiger charge is -2.17. The van der Waals surface area contributed by atoms with Crippen molar-refractivity contribution in [2.45, 2.75) is 63.1 Å². The van der Waals surface area contributed by atoms with Crippen LogP contribution in [0.25, 0.3) is 0 Å². The molecule has 1 atom stereocenters. The molecule has 2 aliphatic rings. The third-order valence-electron chi connectivity index (χ3n) is 5.74. The van der Waals surface area contributed by atoms with Gasteiger partial charge in [0.1, 0.15) is 11.6 Å². The molecule has 0 saturated heterocycles. The van der Waals surface area contributed by atoms with E-state index in [0.29, 0.717) is 0 Å². The van der Waals surface area contributed by atoms with Gasteiger partial charge in [-0.2, -0.15) is 5.26 Å². The van der Waals surface area contributed by atoms with Crippen molar-refractivity contribution < 1.29 is 18.5 Å². The molecule has 4 N–H and O–H groups in total. The van der Waals surface area contributed by atoms with E-state index in [1.807, 2.05) is 6.07 Å². The van der Waals surface area contributed by atoms with Gasteiger partial charge in [-0.3, -0.25) is 0 Å². The number of furan rings is 1. The van der Waals surface area contributed by atoms with E-state index in [2.05, 4.69) is 16.1 Å². The third kappa shape index (κ3) is 3.46. The van der Waals surface area contributed by atoms with Gasteiger partial charge >= 0.3 is 6.03 Å². The Hall–Kier alpha value is -2.83. The van der Waals surface area contributed by atoms with Gasteiger partial charge in [0.25, 0.3) is 0 Å². The highest BCUT2D eigenvalue weighted by Crippen LogP contribution is 2.38. The maximum atomic E-state index is 12.9. The van der Waals surface area contributed by atoms with Crippen molar-refractivity contribution in [1.29, 1.82) is 10.0 Å². The summed E-state index contributed by atoms with van der Waals surface area (Å²) in [5.41, 5.74) is 3.96. The molecule has 158 valence electrons. The van der Waals surface area contributed by atoms with Gasteiger partial charge in [0.05, 0.1) is 11.9 Å². The van der Waals surface area contributed by atoms with Crippen LogP contribution < -0.4 is 10.0 Å². The molecule has 0 aliphatic heterocycles. The standard InChI is InChI=1S/C21H24N4O4S/c1-21(2,27)17-11-29-19(16(17)10-22)30(23,28)25-20(26)24-18-14-7-3-5-12(14)9-13-6-4-8-15(13)18/h9,11,27H,3-8H2,1-2H3,(H3,23,24,25,26,28). The fraction of sp³-hybridized carbons (Fsp3) is 0.429. The minimum Gasteiger partial charge on any atom is -0.451 e. The van der Waals surface area contributed by atoms with Gasteiger partial charge in [-0.1, -0.05) is 6.07 Å². The van der Waals surface area contributed by atoms with Crippen LogP contribution in [0.3, 0.4) is 0 Å². The summed E-state index contributed by atoms with van der Waals surface area (Å²) in [6, 6.07) is 3.28. The number of nitriles is 1. The van der Waals surface area contributed by atoms with Crippen molar-refractivity contribution in [3.8, 4) is 6.07 Å². The van der Waals surface area contributed by atoms with Crippen LogP contribution in [0, 0.1) is 16.1 Å². The van der Waals surface area contributed by atoms with Crippen LogP contribution in [0.1, 0.15) is 60.1 Å². The molecule has 30 heavy (non-hydrogen) atoms. The fourth-order valence-electron chi connectivity index (χ4n) is 4.39. The van der Waals surface area contributed by atoms with Crippen LogP contribution in [-0.2, 0) is 41.2 Å². The molecule has 0 fully saturated rings. The Bertz CT molecular complexity index is 1150. The van der Waals surface area contributed by atoms with Gasteiger partial charge in [-0.25, -0.2) is 18.5 Å². The van der Waals surface area contributed by atoms with E-state index in [9.17, 15) is 19.4 Å². The number of rotatable bonds is 4. The van der Waals surface area contributed by atoms with Crippen molar-refractivity contribution >= 4 is 21.6 Å². The maximum absolute atomic E-state index is 12.9. The Morgan fingerprint density at radius 1 is 1.23 bits per heavy atom. The number of carbonyl (C=O) groups is 1. The highest BCUT2D eigenvalue weighted by molar-refractivity contribution is 7.91. The molecule has 4 rings (SSSR count). The molecule has 9 heteroatoms. The largest absolute Gasteiger partial charge is 0.451 e. The molecule has 0 bridgehead atoms. The van der Waals surface area contributed by atoms with Gasteiger partial charge in [0, 0.05) is 11.3 Å². The SMILES string of the molecule is CC(C)(O)c1coc(S(=N)(=O)NC(=O)Nc2c3c(cc4c2CCC4)CCC3)c1C#N. The zero-order valence-corrected chi connectivity index (χ0v) is 17.7. The van der Waals surface area contributed by atoms with Crippen LogP contribution in [0.5, 0.6) is 0 Å². The molecule has 0 radical (unpaired) electrons.